The lowest BCUT2D eigenvalue weighted by atomic mass is 10.0. The van der Waals surface area contributed by atoms with Crippen LogP contribution in [0.5, 0.6) is 0 Å². The van der Waals surface area contributed by atoms with Gasteiger partial charge in [-0.15, -0.1) is 0 Å². The van der Waals surface area contributed by atoms with E-state index in [1.807, 2.05) is 0 Å². The summed E-state index contributed by atoms with van der Waals surface area (Å²) in [7, 11) is 0. The van der Waals surface area contributed by atoms with Gasteiger partial charge in [-0.25, -0.2) is 0 Å². The third kappa shape index (κ3) is 49.0. The molecule has 0 aromatic heterocycles. The van der Waals surface area contributed by atoms with E-state index in [0.717, 1.165) is 25.7 Å². The van der Waals surface area contributed by atoms with Gasteiger partial charge < -0.3 is 53.6 Å². The van der Waals surface area contributed by atoms with Gasteiger partial charge in [-0.05, 0) is 12.8 Å². The zero-order valence-corrected chi connectivity index (χ0v) is 47.2. The fraction of sp³-hybridized carbons (Fsp3) is 0.931. The maximum atomic E-state index is 13.1. The van der Waals surface area contributed by atoms with Crippen LogP contribution in [0.25, 0.3) is 0 Å². The van der Waals surface area contributed by atoms with E-state index in [4.69, 9.17) is 33.2 Å². The molecule has 0 unspecified atom stereocenters. The average Bonchev–Trinajstić information content (AvgIpc) is 3.38. The minimum absolute atomic E-state index is 0.170. The van der Waals surface area contributed by atoms with E-state index >= 15 is 0 Å². The molecule has 2 N–H and O–H groups in total. The zero-order chi connectivity index (χ0) is 52.6. The highest BCUT2D eigenvalue weighted by molar-refractivity contribution is 5.80. The fourth-order valence-electron chi connectivity index (χ4n) is 8.83. The second kappa shape index (κ2) is 55.8. The maximum Gasteiger partial charge on any atom is 0.248 e. The number of rotatable bonds is 42. The minimum Gasteiger partial charge on any atom is -0.377 e. The first-order valence-corrected chi connectivity index (χ1v) is 30.1. The van der Waals surface area contributed by atoms with E-state index in [0.29, 0.717) is 92.1 Å². The van der Waals surface area contributed by atoms with Gasteiger partial charge in [-0.3, -0.25) is 19.2 Å². The molecule has 15 nitrogen and oxygen atoms in total. The molecule has 430 valence electrons. The SMILES string of the molecule is CCCCCCCCCCCCCCCCCCNC(=O)COCC(=O)N1CCOCCOCCOCCN(C(=O)COCC(=O)NCCCCCCCCCCCCCCCCCC)CCOCCOCC1. The molecule has 1 saturated heterocycles. The summed E-state index contributed by atoms with van der Waals surface area (Å²) in [5.74, 6) is -0.936. The molecule has 0 radical (unpaired) electrons. The average molecular weight is 1040 g/mol. The summed E-state index contributed by atoms with van der Waals surface area (Å²) in [5.41, 5.74) is 0. The summed E-state index contributed by atoms with van der Waals surface area (Å²) in [4.78, 5) is 54.2. The van der Waals surface area contributed by atoms with Gasteiger partial charge in [0, 0.05) is 39.3 Å². The Labute approximate surface area is 446 Å². The van der Waals surface area contributed by atoms with Crippen molar-refractivity contribution in [2.24, 2.45) is 0 Å². The molecule has 73 heavy (non-hydrogen) atoms. The van der Waals surface area contributed by atoms with Crippen LogP contribution in [0.15, 0.2) is 0 Å². The number of carbonyl (C=O) groups is 4. The predicted octanol–water partition coefficient (Wildman–Crippen LogP) is 10.5. The van der Waals surface area contributed by atoms with Crippen LogP contribution in [-0.4, -0.2) is 165 Å². The molecule has 0 aliphatic carbocycles. The monoisotopic (exact) mass is 1040 g/mol. The number of amides is 4. The standard InChI is InChI=1S/C58H112N4O11/c1-3-5-7-9-11-13-15-17-19-21-23-25-27-29-31-33-35-59-55(63)51-72-53-57(65)61-37-41-67-45-46-68-42-38-62(40-44-70-48-50-71-49-47-69-43-39-61)58(66)54-73-52-56(64)60-36-34-32-30-28-26-24-22-20-18-16-14-12-10-8-6-4-2/h3-54H2,1-2H3,(H,59,63)(H,60,64). The molecular weight excluding hydrogens is 929 g/mol. The Morgan fingerprint density at radius 3 is 0.781 bits per heavy atom. The topological polar surface area (TPSA) is 163 Å². The van der Waals surface area contributed by atoms with Crippen LogP contribution in [0.3, 0.4) is 0 Å². The largest absolute Gasteiger partial charge is 0.377 e. The first kappa shape index (κ1) is 68.6. The molecule has 1 heterocycles. The lowest BCUT2D eigenvalue weighted by molar-refractivity contribution is -0.141. The van der Waals surface area contributed by atoms with Crippen LogP contribution in [0.2, 0.25) is 0 Å². The summed E-state index contributed by atoms with van der Waals surface area (Å²) in [6.07, 6.45) is 41.9. The molecule has 1 aliphatic rings. The molecule has 1 fully saturated rings. The van der Waals surface area contributed by atoms with Gasteiger partial charge in [0.25, 0.3) is 0 Å². The van der Waals surface area contributed by atoms with E-state index in [2.05, 4.69) is 24.5 Å². The predicted molar refractivity (Wildman–Crippen MR) is 294 cm³/mol. The highest BCUT2D eigenvalue weighted by Gasteiger charge is 2.17. The van der Waals surface area contributed by atoms with E-state index in [1.165, 1.54) is 180 Å². The summed E-state index contributed by atoms with van der Waals surface area (Å²) in [6.45, 7) is 9.56. The second-order valence-corrected chi connectivity index (χ2v) is 20.1. The molecule has 0 spiro atoms. The fourth-order valence-corrected chi connectivity index (χ4v) is 8.83. The van der Waals surface area contributed by atoms with Crippen molar-refractivity contribution in [3.8, 4) is 0 Å². The normalized spacial score (nSPS) is 15.2. The van der Waals surface area contributed by atoms with Crippen molar-refractivity contribution in [3.63, 3.8) is 0 Å². The lowest BCUT2D eigenvalue weighted by Crippen LogP contribution is -2.40. The third-order valence-corrected chi connectivity index (χ3v) is 13.5. The van der Waals surface area contributed by atoms with E-state index in [-0.39, 0.29) is 63.3 Å². The van der Waals surface area contributed by atoms with Gasteiger partial charge in [-0.1, -0.05) is 206 Å². The van der Waals surface area contributed by atoms with Crippen molar-refractivity contribution >= 4 is 23.6 Å². The van der Waals surface area contributed by atoms with Gasteiger partial charge in [0.2, 0.25) is 23.6 Å². The number of ether oxygens (including phenoxy) is 7. The Hall–Kier alpha value is -2.40. The van der Waals surface area contributed by atoms with E-state index < -0.39 is 0 Å². The van der Waals surface area contributed by atoms with Crippen molar-refractivity contribution in [2.45, 2.75) is 219 Å². The minimum atomic E-state index is -0.249. The van der Waals surface area contributed by atoms with Crippen LogP contribution in [0.4, 0.5) is 0 Å². The van der Waals surface area contributed by atoms with Crippen molar-refractivity contribution < 1.29 is 52.3 Å². The number of hydrogen-bond donors (Lipinski definition) is 2. The lowest BCUT2D eigenvalue weighted by Gasteiger charge is -2.23. The first-order valence-electron chi connectivity index (χ1n) is 30.1. The molecule has 0 bridgehead atoms. The third-order valence-electron chi connectivity index (χ3n) is 13.5. The molecule has 0 atom stereocenters. The van der Waals surface area contributed by atoms with Crippen molar-refractivity contribution in [1.29, 1.82) is 0 Å². The molecule has 1 rings (SSSR count). The molecule has 1 aliphatic heterocycles. The van der Waals surface area contributed by atoms with Gasteiger partial charge in [0.05, 0.1) is 66.1 Å². The molecule has 0 aromatic carbocycles. The summed E-state index contributed by atoms with van der Waals surface area (Å²) in [6, 6.07) is 0. The van der Waals surface area contributed by atoms with Gasteiger partial charge in [0.1, 0.15) is 26.4 Å². The van der Waals surface area contributed by atoms with Gasteiger partial charge >= 0.3 is 0 Å². The summed E-state index contributed by atoms with van der Waals surface area (Å²) >= 11 is 0. The van der Waals surface area contributed by atoms with Crippen molar-refractivity contribution in [1.82, 2.24) is 20.4 Å². The Kier molecular flexibility index (Phi) is 52.5. The highest BCUT2D eigenvalue weighted by Crippen LogP contribution is 2.15. The van der Waals surface area contributed by atoms with Crippen LogP contribution in [0, 0.1) is 0 Å². The number of hydrogen-bond acceptors (Lipinski definition) is 11. The molecule has 15 heteroatoms. The van der Waals surface area contributed by atoms with Gasteiger partial charge in [0.15, 0.2) is 0 Å². The Morgan fingerprint density at radius 1 is 0.315 bits per heavy atom. The second-order valence-electron chi connectivity index (χ2n) is 20.1. The zero-order valence-electron chi connectivity index (χ0n) is 47.2. The Balaban J connectivity index is 2.21. The smallest absolute Gasteiger partial charge is 0.248 e. The molecule has 4 amide bonds. The molecular formula is C58H112N4O11. The first-order chi connectivity index (χ1) is 36.0. The number of nitrogens with zero attached hydrogens (tertiary/aromatic N) is 2. The number of nitrogens with one attached hydrogen (secondary N) is 2. The van der Waals surface area contributed by atoms with E-state index in [1.54, 1.807) is 9.80 Å². The Bertz CT molecular complexity index is 1140. The Morgan fingerprint density at radius 2 is 0.534 bits per heavy atom. The number of unbranched alkanes of at least 4 members (excludes halogenated alkanes) is 30. The van der Waals surface area contributed by atoms with Crippen LogP contribution >= 0.6 is 0 Å². The molecule has 0 aromatic rings. The van der Waals surface area contributed by atoms with Crippen molar-refractivity contribution in [2.75, 3.05) is 132 Å². The number of carbonyl (C=O) groups excluding carboxylic acids is 4. The quantitative estimate of drug-likeness (QED) is 0.0560. The summed E-state index contributed by atoms with van der Waals surface area (Å²) in [5, 5.41) is 5.83. The van der Waals surface area contributed by atoms with Crippen LogP contribution in [-0.2, 0) is 52.3 Å². The highest BCUT2D eigenvalue weighted by atomic mass is 16.5. The van der Waals surface area contributed by atoms with E-state index in [9.17, 15) is 19.2 Å². The summed E-state index contributed by atoms with van der Waals surface area (Å²) < 4.78 is 39.7. The van der Waals surface area contributed by atoms with Gasteiger partial charge in [-0.2, -0.15) is 0 Å². The molecule has 0 saturated carbocycles. The van der Waals surface area contributed by atoms with Crippen molar-refractivity contribution in [3.05, 3.63) is 0 Å². The van der Waals surface area contributed by atoms with Crippen LogP contribution in [0.1, 0.15) is 219 Å². The van der Waals surface area contributed by atoms with Crippen LogP contribution < -0.4 is 10.6 Å². The maximum absolute atomic E-state index is 13.1.